The van der Waals surface area contributed by atoms with Crippen molar-refractivity contribution >= 4 is 5.69 Å². The maximum absolute atomic E-state index is 3.55. The minimum atomic E-state index is 0.427. The van der Waals surface area contributed by atoms with Crippen LogP contribution in [0.2, 0.25) is 0 Å². The van der Waals surface area contributed by atoms with E-state index in [-0.39, 0.29) is 0 Å². The Morgan fingerprint density at radius 3 is 2.50 bits per heavy atom. The Kier molecular flexibility index (Phi) is 5.47. The molecule has 2 nitrogen and oxygen atoms in total. The molecule has 1 aromatic carbocycles. The molecule has 0 bridgehead atoms. The summed E-state index contributed by atoms with van der Waals surface area (Å²) >= 11 is 0. The molecule has 1 N–H and O–H groups in total. The van der Waals surface area contributed by atoms with Gasteiger partial charge in [-0.05, 0) is 50.3 Å². The van der Waals surface area contributed by atoms with Crippen molar-refractivity contribution in [3.63, 3.8) is 0 Å². The zero-order valence-corrected chi connectivity index (χ0v) is 13.5. The Labute approximate surface area is 124 Å². The van der Waals surface area contributed by atoms with E-state index in [2.05, 4.69) is 62.2 Å². The molecule has 1 aromatic rings. The van der Waals surface area contributed by atoms with Gasteiger partial charge in [-0.3, -0.25) is 0 Å². The van der Waals surface area contributed by atoms with Crippen LogP contribution < -0.4 is 10.2 Å². The van der Waals surface area contributed by atoms with Crippen LogP contribution in [0.4, 0.5) is 5.69 Å². The molecule has 1 saturated carbocycles. The normalized spacial score (nSPS) is 16.4. The standard InChI is InChI=1S/C18H30N2/c1-5-19-15(4)17-8-6-7-9-18(17)20(16-10-11-16)13-12-14(2)3/h6-9,14-16,19H,5,10-13H2,1-4H3. The monoisotopic (exact) mass is 274 g/mol. The maximum Gasteiger partial charge on any atom is 0.0417 e. The summed E-state index contributed by atoms with van der Waals surface area (Å²) in [5.74, 6) is 0.773. The Morgan fingerprint density at radius 2 is 1.90 bits per heavy atom. The Balaban J connectivity index is 2.19. The van der Waals surface area contributed by atoms with Crippen LogP contribution in [0.25, 0.3) is 0 Å². The number of hydrogen-bond acceptors (Lipinski definition) is 2. The summed E-state index contributed by atoms with van der Waals surface area (Å²) in [5.41, 5.74) is 2.90. The highest BCUT2D eigenvalue weighted by Crippen LogP contribution is 2.36. The summed E-state index contributed by atoms with van der Waals surface area (Å²) in [6.45, 7) is 11.3. The first kappa shape index (κ1) is 15.4. The summed E-state index contributed by atoms with van der Waals surface area (Å²) in [7, 11) is 0. The fraction of sp³-hybridized carbons (Fsp3) is 0.667. The van der Waals surface area contributed by atoms with E-state index in [0.29, 0.717) is 6.04 Å². The van der Waals surface area contributed by atoms with Crippen molar-refractivity contribution in [2.24, 2.45) is 5.92 Å². The molecule has 1 fully saturated rings. The van der Waals surface area contributed by atoms with Gasteiger partial charge in [-0.1, -0.05) is 39.0 Å². The van der Waals surface area contributed by atoms with Gasteiger partial charge in [-0.2, -0.15) is 0 Å². The molecule has 0 amide bonds. The van der Waals surface area contributed by atoms with Gasteiger partial charge in [0.25, 0.3) is 0 Å². The van der Waals surface area contributed by atoms with Crippen molar-refractivity contribution in [1.29, 1.82) is 0 Å². The Bertz CT molecular complexity index is 410. The number of benzene rings is 1. The smallest absolute Gasteiger partial charge is 0.0417 e. The second-order valence-electron chi connectivity index (χ2n) is 6.45. The topological polar surface area (TPSA) is 15.3 Å². The van der Waals surface area contributed by atoms with Crippen LogP contribution in [0.15, 0.2) is 24.3 Å². The molecule has 1 atom stereocenters. The lowest BCUT2D eigenvalue weighted by Crippen LogP contribution is -2.30. The van der Waals surface area contributed by atoms with E-state index in [4.69, 9.17) is 0 Å². The highest BCUT2D eigenvalue weighted by molar-refractivity contribution is 5.56. The van der Waals surface area contributed by atoms with Gasteiger partial charge < -0.3 is 10.2 Å². The van der Waals surface area contributed by atoms with Crippen LogP contribution in [0, 0.1) is 5.92 Å². The first-order chi connectivity index (χ1) is 9.63. The van der Waals surface area contributed by atoms with Gasteiger partial charge >= 0.3 is 0 Å². The molecule has 0 spiro atoms. The van der Waals surface area contributed by atoms with Crippen molar-refractivity contribution in [2.45, 2.75) is 59.0 Å². The Morgan fingerprint density at radius 1 is 1.20 bits per heavy atom. The number of nitrogens with zero attached hydrogens (tertiary/aromatic N) is 1. The van der Waals surface area contributed by atoms with Gasteiger partial charge in [0.2, 0.25) is 0 Å². The number of nitrogens with one attached hydrogen (secondary N) is 1. The summed E-state index contributed by atoms with van der Waals surface area (Å²) < 4.78 is 0. The minimum Gasteiger partial charge on any atom is -0.368 e. The lowest BCUT2D eigenvalue weighted by Gasteiger charge is -2.30. The number of anilines is 1. The number of rotatable bonds is 8. The third-order valence-electron chi connectivity index (χ3n) is 4.16. The maximum atomic E-state index is 3.55. The second kappa shape index (κ2) is 7.12. The van der Waals surface area contributed by atoms with E-state index in [1.807, 2.05) is 0 Å². The highest BCUT2D eigenvalue weighted by Gasteiger charge is 2.30. The van der Waals surface area contributed by atoms with Crippen LogP contribution in [0.1, 0.15) is 58.6 Å². The summed E-state index contributed by atoms with van der Waals surface area (Å²) in [6, 6.07) is 10.2. The van der Waals surface area contributed by atoms with E-state index in [1.54, 1.807) is 0 Å². The van der Waals surface area contributed by atoms with Crippen molar-refractivity contribution in [2.75, 3.05) is 18.0 Å². The molecular weight excluding hydrogens is 244 g/mol. The van der Waals surface area contributed by atoms with Crippen molar-refractivity contribution in [3.05, 3.63) is 29.8 Å². The van der Waals surface area contributed by atoms with E-state index >= 15 is 0 Å². The SMILES string of the molecule is CCNC(C)c1ccccc1N(CCC(C)C)C1CC1. The van der Waals surface area contributed by atoms with Crippen molar-refractivity contribution in [3.8, 4) is 0 Å². The molecule has 112 valence electrons. The van der Waals surface area contributed by atoms with Gasteiger partial charge in [0.15, 0.2) is 0 Å². The van der Waals surface area contributed by atoms with Crippen LogP contribution in [-0.4, -0.2) is 19.1 Å². The highest BCUT2D eigenvalue weighted by atomic mass is 15.2. The quantitative estimate of drug-likeness (QED) is 0.757. The van der Waals surface area contributed by atoms with Crippen LogP contribution in [-0.2, 0) is 0 Å². The molecule has 20 heavy (non-hydrogen) atoms. The van der Waals surface area contributed by atoms with Gasteiger partial charge in [-0.15, -0.1) is 0 Å². The molecule has 1 unspecified atom stereocenters. The molecular formula is C18H30N2. The van der Waals surface area contributed by atoms with Gasteiger partial charge in [0, 0.05) is 24.3 Å². The lowest BCUT2D eigenvalue weighted by atomic mass is 10.0. The average Bonchev–Trinajstić information content (AvgIpc) is 3.24. The predicted molar refractivity (Wildman–Crippen MR) is 88.4 cm³/mol. The first-order valence-electron chi connectivity index (χ1n) is 8.22. The molecule has 1 aliphatic carbocycles. The molecule has 0 radical (unpaired) electrons. The third kappa shape index (κ3) is 3.99. The molecule has 0 aliphatic heterocycles. The molecule has 0 saturated heterocycles. The summed E-state index contributed by atoms with van der Waals surface area (Å²) in [4.78, 5) is 2.66. The fourth-order valence-electron chi connectivity index (χ4n) is 2.81. The molecule has 0 heterocycles. The van der Waals surface area contributed by atoms with E-state index in [9.17, 15) is 0 Å². The van der Waals surface area contributed by atoms with E-state index in [0.717, 1.165) is 18.5 Å². The molecule has 0 aromatic heterocycles. The van der Waals surface area contributed by atoms with Gasteiger partial charge in [0.1, 0.15) is 0 Å². The number of hydrogen-bond donors (Lipinski definition) is 1. The van der Waals surface area contributed by atoms with Crippen molar-refractivity contribution in [1.82, 2.24) is 5.32 Å². The fourth-order valence-corrected chi connectivity index (χ4v) is 2.81. The summed E-state index contributed by atoms with van der Waals surface area (Å²) in [6.07, 6.45) is 4.00. The second-order valence-corrected chi connectivity index (χ2v) is 6.45. The zero-order valence-electron chi connectivity index (χ0n) is 13.5. The van der Waals surface area contributed by atoms with E-state index in [1.165, 1.54) is 37.1 Å². The van der Waals surface area contributed by atoms with Crippen LogP contribution >= 0.6 is 0 Å². The van der Waals surface area contributed by atoms with Crippen molar-refractivity contribution < 1.29 is 0 Å². The van der Waals surface area contributed by atoms with Crippen LogP contribution in [0.5, 0.6) is 0 Å². The van der Waals surface area contributed by atoms with E-state index < -0.39 is 0 Å². The average molecular weight is 274 g/mol. The zero-order chi connectivity index (χ0) is 14.5. The molecule has 2 heteroatoms. The van der Waals surface area contributed by atoms with Crippen LogP contribution in [0.3, 0.4) is 0 Å². The molecule has 2 rings (SSSR count). The Hall–Kier alpha value is -1.02. The summed E-state index contributed by atoms with van der Waals surface area (Å²) in [5, 5.41) is 3.55. The largest absolute Gasteiger partial charge is 0.368 e. The van der Waals surface area contributed by atoms with Gasteiger partial charge in [0.05, 0.1) is 0 Å². The predicted octanol–water partition coefficient (Wildman–Crippen LogP) is 4.37. The third-order valence-corrected chi connectivity index (χ3v) is 4.16. The first-order valence-corrected chi connectivity index (χ1v) is 8.22. The minimum absolute atomic E-state index is 0.427. The lowest BCUT2D eigenvalue weighted by molar-refractivity contribution is 0.563. The van der Waals surface area contributed by atoms with Gasteiger partial charge in [-0.25, -0.2) is 0 Å². The number of para-hydroxylation sites is 1. The molecule has 1 aliphatic rings.